The number of urea groups is 1. The minimum absolute atomic E-state index is 0. The van der Waals surface area contributed by atoms with Crippen molar-refractivity contribution >= 4 is 30.3 Å². The van der Waals surface area contributed by atoms with Crippen LogP contribution in [-0.4, -0.2) is 58.4 Å². The molecule has 7 nitrogen and oxygen atoms in total. The number of halogens is 1. The van der Waals surface area contributed by atoms with E-state index in [4.69, 9.17) is 5.73 Å². The predicted molar refractivity (Wildman–Crippen MR) is 101 cm³/mol. The van der Waals surface area contributed by atoms with Gasteiger partial charge in [0.15, 0.2) is 0 Å². The fourth-order valence-corrected chi connectivity index (χ4v) is 4.68. The van der Waals surface area contributed by atoms with E-state index in [1.165, 1.54) is 0 Å². The molecular weight excluding hydrogens is 356 g/mol. The third-order valence-corrected chi connectivity index (χ3v) is 6.27. The summed E-state index contributed by atoms with van der Waals surface area (Å²) in [5.41, 5.74) is 5.23. The number of nitrogens with one attached hydrogen (secondary N) is 1. The fourth-order valence-electron chi connectivity index (χ4n) is 4.68. The van der Waals surface area contributed by atoms with Crippen molar-refractivity contribution in [1.82, 2.24) is 15.1 Å². The van der Waals surface area contributed by atoms with Crippen molar-refractivity contribution in [2.75, 3.05) is 13.1 Å². The van der Waals surface area contributed by atoms with Crippen molar-refractivity contribution in [3.8, 4) is 0 Å². The van der Waals surface area contributed by atoms with E-state index in [1.807, 2.05) is 13.8 Å². The number of nitrogens with zero attached hydrogens (tertiary/aromatic N) is 2. The molecule has 3 N–H and O–H groups in total. The van der Waals surface area contributed by atoms with E-state index in [0.29, 0.717) is 13.0 Å². The number of rotatable bonds is 3. The SMILES string of the molecule is CC(N)C1CCCCN1C(=O)CN1C(=O)NC2(CCCCC2C)C1=O.Cl. The van der Waals surface area contributed by atoms with Gasteiger partial charge in [0.05, 0.1) is 0 Å². The molecule has 4 amide bonds. The Balaban J connectivity index is 0.00000243. The van der Waals surface area contributed by atoms with Crippen molar-refractivity contribution in [2.24, 2.45) is 11.7 Å². The maximum atomic E-state index is 13.0. The predicted octanol–water partition coefficient (Wildman–Crippen LogP) is 1.64. The summed E-state index contributed by atoms with van der Waals surface area (Å²) < 4.78 is 0. The van der Waals surface area contributed by atoms with Crippen molar-refractivity contribution in [3.05, 3.63) is 0 Å². The van der Waals surface area contributed by atoms with Crippen molar-refractivity contribution in [1.29, 1.82) is 0 Å². The highest BCUT2D eigenvalue weighted by Crippen LogP contribution is 2.38. The van der Waals surface area contributed by atoms with Crippen LogP contribution >= 0.6 is 12.4 Å². The molecule has 0 aromatic heterocycles. The molecule has 1 saturated carbocycles. The van der Waals surface area contributed by atoms with E-state index >= 15 is 0 Å². The van der Waals surface area contributed by atoms with E-state index in [2.05, 4.69) is 5.32 Å². The molecule has 4 unspecified atom stereocenters. The van der Waals surface area contributed by atoms with Gasteiger partial charge in [0.25, 0.3) is 5.91 Å². The molecule has 148 valence electrons. The van der Waals surface area contributed by atoms with E-state index in [9.17, 15) is 14.4 Å². The minimum Gasteiger partial charge on any atom is -0.337 e. The lowest BCUT2D eigenvalue weighted by Gasteiger charge is -2.39. The number of hydrogen-bond donors (Lipinski definition) is 2. The largest absolute Gasteiger partial charge is 0.337 e. The second kappa shape index (κ2) is 8.13. The Bertz CT molecular complexity index is 571. The number of hydrogen-bond acceptors (Lipinski definition) is 4. The first kappa shape index (κ1) is 21.0. The van der Waals surface area contributed by atoms with Gasteiger partial charge >= 0.3 is 6.03 Å². The molecular formula is C18H31ClN4O3. The number of piperidine rings is 1. The number of likely N-dealkylation sites (tertiary alicyclic amines) is 1. The van der Waals surface area contributed by atoms with Crippen LogP contribution in [0.3, 0.4) is 0 Å². The topological polar surface area (TPSA) is 95.7 Å². The first-order valence-corrected chi connectivity index (χ1v) is 9.56. The van der Waals surface area contributed by atoms with Crippen LogP contribution in [0.4, 0.5) is 4.79 Å². The smallest absolute Gasteiger partial charge is 0.325 e. The molecule has 1 spiro atoms. The Morgan fingerprint density at radius 2 is 1.96 bits per heavy atom. The van der Waals surface area contributed by atoms with Crippen LogP contribution < -0.4 is 11.1 Å². The van der Waals surface area contributed by atoms with Crippen LogP contribution in [0.25, 0.3) is 0 Å². The minimum atomic E-state index is -0.807. The van der Waals surface area contributed by atoms with Gasteiger partial charge in [0.1, 0.15) is 12.1 Å². The van der Waals surface area contributed by atoms with Crippen LogP contribution in [-0.2, 0) is 9.59 Å². The van der Waals surface area contributed by atoms with Crippen molar-refractivity contribution in [3.63, 3.8) is 0 Å². The van der Waals surface area contributed by atoms with Crippen LogP contribution in [0.15, 0.2) is 0 Å². The Morgan fingerprint density at radius 3 is 2.62 bits per heavy atom. The van der Waals surface area contributed by atoms with Gasteiger partial charge in [-0.3, -0.25) is 14.5 Å². The maximum Gasteiger partial charge on any atom is 0.325 e. The van der Waals surface area contributed by atoms with Gasteiger partial charge in [-0.25, -0.2) is 4.79 Å². The zero-order chi connectivity index (χ0) is 18.2. The zero-order valence-corrected chi connectivity index (χ0v) is 16.5. The van der Waals surface area contributed by atoms with E-state index in [1.54, 1.807) is 4.90 Å². The van der Waals surface area contributed by atoms with E-state index < -0.39 is 11.6 Å². The van der Waals surface area contributed by atoms with E-state index in [0.717, 1.165) is 43.4 Å². The Hall–Kier alpha value is -1.34. The van der Waals surface area contributed by atoms with Crippen LogP contribution in [0.1, 0.15) is 58.8 Å². The molecule has 3 rings (SSSR count). The lowest BCUT2D eigenvalue weighted by Crippen LogP contribution is -2.56. The number of nitrogens with two attached hydrogens (primary N) is 1. The van der Waals surface area contributed by atoms with Crippen LogP contribution in [0, 0.1) is 5.92 Å². The highest BCUT2D eigenvalue weighted by atomic mass is 35.5. The van der Waals surface area contributed by atoms with E-state index in [-0.39, 0.29) is 48.8 Å². The summed E-state index contributed by atoms with van der Waals surface area (Å²) in [6, 6.07) is -0.553. The molecule has 3 aliphatic rings. The monoisotopic (exact) mass is 386 g/mol. The van der Waals surface area contributed by atoms with Crippen LogP contribution in [0.2, 0.25) is 0 Å². The Labute approximate surface area is 161 Å². The molecule has 0 aromatic rings. The van der Waals surface area contributed by atoms with Gasteiger partial charge < -0.3 is 16.0 Å². The molecule has 2 heterocycles. The van der Waals surface area contributed by atoms with Crippen molar-refractivity contribution < 1.29 is 14.4 Å². The van der Waals surface area contributed by atoms with Gasteiger partial charge in [0, 0.05) is 18.6 Å². The molecule has 1 aliphatic carbocycles. The number of amides is 4. The second-order valence-electron chi connectivity index (χ2n) is 7.95. The van der Waals surface area contributed by atoms with Gasteiger partial charge in [-0.1, -0.05) is 19.8 Å². The normalized spacial score (nSPS) is 33.0. The standard InChI is InChI=1S/C18H30N4O3.ClH/c1-12-7-3-5-9-18(12)16(24)22(17(25)20-18)11-15(23)21-10-6-4-8-14(21)13(2)19;/h12-14H,3-11,19H2,1-2H3,(H,20,25);1H. The second-order valence-corrected chi connectivity index (χ2v) is 7.95. The number of imide groups is 1. The highest BCUT2D eigenvalue weighted by molar-refractivity contribution is 6.09. The summed E-state index contributed by atoms with van der Waals surface area (Å²) >= 11 is 0. The number of carbonyl (C=O) groups is 3. The molecule has 4 atom stereocenters. The van der Waals surface area contributed by atoms with Gasteiger partial charge in [-0.2, -0.15) is 0 Å². The summed E-state index contributed by atoms with van der Waals surface area (Å²) in [6.07, 6.45) is 6.47. The van der Waals surface area contributed by atoms with Gasteiger partial charge in [-0.15, -0.1) is 12.4 Å². The summed E-state index contributed by atoms with van der Waals surface area (Å²) in [7, 11) is 0. The zero-order valence-electron chi connectivity index (χ0n) is 15.7. The lowest BCUT2D eigenvalue weighted by atomic mass is 9.73. The summed E-state index contributed by atoms with van der Waals surface area (Å²) in [6.45, 7) is 4.39. The quantitative estimate of drug-likeness (QED) is 0.720. The first-order chi connectivity index (χ1) is 11.9. The summed E-state index contributed by atoms with van der Waals surface area (Å²) in [5.74, 6) is -0.303. The fraction of sp³-hybridized carbons (Fsp3) is 0.833. The van der Waals surface area contributed by atoms with Gasteiger partial charge in [0.2, 0.25) is 5.91 Å². The summed E-state index contributed by atoms with van der Waals surface area (Å²) in [4.78, 5) is 41.1. The average molecular weight is 387 g/mol. The lowest BCUT2D eigenvalue weighted by molar-refractivity contribution is -0.142. The number of carbonyl (C=O) groups excluding carboxylic acids is 3. The Morgan fingerprint density at radius 1 is 1.27 bits per heavy atom. The van der Waals surface area contributed by atoms with Gasteiger partial charge in [-0.05, 0) is 44.9 Å². The molecule has 8 heteroatoms. The van der Waals surface area contributed by atoms with Crippen LogP contribution in [0.5, 0.6) is 0 Å². The Kier molecular flexibility index (Phi) is 6.55. The molecule has 26 heavy (non-hydrogen) atoms. The highest BCUT2D eigenvalue weighted by Gasteiger charge is 2.55. The first-order valence-electron chi connectivity index (χ1n) is 9.56. The molecule has 0 aromatic carbocycles. The molecule has 3 fully saturated rings. The molecule has 0 radical (unpaired) electrons. The molecule has 2 aliphatic heterocycles. The molecule has 2 saturated heterocycles. The van der Waals surface area contributed by atoms with Crippen molar-refractivity contribution in [2.45, 2.75) is 76.4 Å². The third kappa shape index (κ3) is 3.56. The third-order valence-electron chi connectivity index (χ3n) is 6.27. The molecule has 0 bridgehead atoms. The maximum absolute atomic E-state index is 13.0. The summed E-state index contributed by atoms with van der Waals surface area (Å²) in [5, 5.41) is 2.90. The average Bonchev–Trinajstić information content (AvgIpc) is 2.82.